The van der Waals surface area contributed by atoms with Crippen LogP contribution in [0.3, 0.4) is 0 Å². The number of nitrogens with one attached hydrogen (secondary N) is 2. The van der Waals surface area contributed by atoms with Crippen LogP contribution in [0.1, 0.15) is 55.5 Å². The number of nitrogens with zero attached hydrogens (tertiary/aromatic N) is 3. The first-order valence-corrected chi connectivity index (χ1v) is 20.4. The number of benzene rings is 3. The van der Waals surface area contributed by atoms with Crippen LogP contribution >= 0.6 is 0 Å². The summed E-state index contributed by atoms with van der Waals surface area (Å²) in [7, 11) is -4.70. The Hall–Kier alpha value is -6.69. The molecule has 6 rings (SSSR count). The van der Waals surface area contributed by atoms with E-state index in [0.717, 1.165) is 35.2 Å². The maximum absolute atomic E-state index is 13.2. The Morgan fingerprint density at radius 3 is 2.47 bits per heavy atom. The van der Waals surface area contributed by atoms with E-state index in [2.05, 4.69) is 20.7 Å². The standard InChI is InChI=1S/C43H44N6O10S/c1-43(2,18-8-9-19-57-39-22-32(20-33(47-39)28-10-4-3-5-11-28)29-14-16-35-36(21-29)59-27-58-35)26-45-42(53)34(23-40(50)51)48-41(52)31-15-17-38(44-24-31)49-46-25-30-12-6-7-13-37(30)60(54,55)56/h3-7,10-17,20-22,24-25,34H,8-9,18-19,23,26-27H2,1-2H3,(H,44,49)(H,45,53)(H,48,52)(H,50,51)(H,54,55,56)/b46-25+/t34-/m0/s1. The van der Waals surface area contributed by atoms with Crippen LogP contribution in [0.15, 0.2) is 113 Å². The summed E-state index contributed by atoms with van der Waals surface area (Å²) in [5.74, 6) is -0.452. The SMILES string of the molecule is CC(C)(CCCCOc1cc(-c2ccc3c(c2)OCO3)cc(-c2ccccc2)n1)CNC(=O)[C@H](CC(=O)O)NC(=O)c1ccc([NH2+]/N=C/c2ccccc2S(=O)(=O)[O-])nc1. The number of carbonyl (C=O) groups excluding carboxylic acids is 2. The maximum atomic E-state index is 13.2. The predicted octanol–water partition coefficient (Wildman–Crippen LogP) is 4.64. The monoisotopic (exact) mass is 836 g/mol. The molecule has 1 aliphatic heterocycles. The van der Waals surface area contributed by atoms with Gasteiger partial charge in [0.1, 0.15) is 16.2 Å². The number of hydrogen-bond acceptors (Lipinski definition) is 12. The van der Waals surface area contributed by atoms with Crippen molar-refractivity contribution in [2.24, 2.45) is 10.5 Å². The molecular weight excluding hydrogens is 793 g/mol. The number of nitrogens with two attached hydrogens (primary N) is 1. The Labute approximate surface area is 346 Å². The van der Waals surface area contributed by atoms with E-state index in [1.54, 1.807) is 6.07 Å². The van der Waals surface area contributed by atoms with Gasteiger partial charge >= 0.3 is 5.97 Å². The van der Waals surface area contributed by atoms with Crippen molar-refractivity contribution in [2.75, 3.05) is 19.9 Å². The Morgan fingerprint density at radius 2 is 1.72 bits per heavy atom. The third-order valence-corrected chi connectivity index (χ3v) is 10.4. The Kier molecular flexibility index (Phi) is 13.9. The zero-order valence-corrected chi connectivity index (χ0v) is 33.7. The number of aliphatic carboxylic acids is 1. The van der Waals surface area contributed by atoms with Crippen molar-refractivity contribution in [1.29, 1.82) is 0 Å². The van der Waals surface area contributed by atoms with Gasteiger partial charge < -0.3 is 34.5 Å². The quantitative estimate of drug-likeness (QED) is 0.0293. The molecule has 312 valence electrons. The van der Waals surface area contributed by atoms with Crippen molar-refractivity contribution < 1.29 is 52.1 Å². The molecule has 17 heteroatoms. The van der Waals surface area contributed by atoms with Gasteiger partial charge in [0.25, 0.3) is 11.7 Å². The second kappa shape index (κ2) is 19.4. The van der Waals surface area contributed by atoms with E-state index < -0.39 is 45.3 Å². The number of amides is 2. The van der Waals surface area contributed by atoms with E-state index >= 15 is 0 Å². The van der Waals surface area contributed by atoms with E-state index in [0.29, 0.717) is 36.2 Å². The zero-order chi connectivity index (χ0) is 42.7. The average Bonchev–Trinajstić information content (AvgIpc) is 3.71. The van der Waals surface area contributed by atoms with Crippen LogP contribution in [0.25, 0.3) is 22.4 Å². The molecule has 0 saturated heterocycles. The highest BCUT2D eigenvalue weighted by atomic mass is 32.2. The largest absolute Gasteiger partial charge is 0.744 e. The number of quaternary nitrogens is 1. The molecule has 0 aliphatic carbocycles. The maximum Gasteiger partial charge on any atom is 0.305 e. The normalized spacial score (nSPS) is 12.8. The fourth-order valence-corrected chi connectivity index (χ4v) is 6.90. The first-order valence-electron chi connectivity index (χ1n) is 19.0. The lowest BCUT2D eigenvalue weighted by molar-refractivity contribution is -0.580. The molecule has 1 aliphatic rings. The van der Waals surface area contributed by atoms with Crippen molar-refractivity contribution in [3.05, 3.63) is 114 Å². The number of carbonyl (C=O) groups is 3. The smallest absolute Gasteiger partial charge is 0.305 e. The lowest BCUT2D eigenvalue weighted by Gasteiger charge is -2.26. The molecule has 0 saturated carbocycles. The van der Waals surface area contributed by atoms with Crippen LogP contribution in [-0.4, -0.2) is 78.0 Å². The molecule has 16 nitrogen and oxygen atoms in total. The van der Waals surface area contributed by atoms with Crippen molar-refractivity contribution in [2.45, 2.75) is 50.5 Å². The predicted molar refractivity (Wildman–Crippen MR) is 219 cm³/mol. The highest BCUT2D eigenvalue weighted by Crippen LogP contribution is 2.37. The summed E-state index contributed by atoms with van der Waals surface area (Å²) in [5.41, 5.74) is 4.67. The van der Waals surface area contributed by atoms with Crippen LogP contribution in [-0.2, 0) is 19.7 Å². The minimum atomic E-state index is -4.70. The van der Waals surface area contributed by atoms with Gasteiger partial charge in [-0.1, -0.05) is 73.5 Å². The van der Waals surface area contributed by atoms with E-state index in [1.807, 2.05) is 74.5 Å². The molecule has 0 fully saturated rings. The van der Waals surface area contributed by atoms with Crippen LogP contribution < -0.4 is 30.3 Å². The van der Waals surface area contributed by atoms with Gasteiger partial charge in [0.2, 0.25) is 18.6 Å². The number of pyridine rings is 2. The molecule has 5 N–H and O–H groups in total. The van der Waals surface area contributed by atoms with Crippen molar-refractivity contribution in [3.63, 3.8) is 0 Å². The molecule has 0 bridgehead atoms. The van der Waals surface area contributed by atoms with Crippen LogP contribution in [0.2, 0.25) is 0 Å². The summed E-state index contributed by atoms with van der Waals surface area (Å²) in [6.07, 6.45) is 3.98. The van der Waals surface area contributed by atoms with Crippen LogP contribution in [0.4, 0.5) is 5.82 Å². The van der Waals surface area contributed by atoms with E-state index in [-0.39, 0.29) is 29.9 Å². The van der Waals surface area contributed by atoms with Crippen molar-refractivity contribution in [1.82, 2.24) is 20.6 Å². The minimum absolute atomic E-state index is 0.0656. The lowest BCUT2D eigenvalue weighted by atomic mass is 9.87. The van der Waals surface area contributed by atoms with Crippen molar-refractivity contribution in [3.8, 4) is 39.8 Å². The molecular formula is C43H44N6O10S. The number of fused-ring (bicyclic) bond motifs is 1. The highest BCUT2D eigenvalue weighted by Gasteiger charge is 2.27. The topological polar surface area (TPSA) is 235 Å². The Bertz CT molecular complexity index is 2460. The summed E-state index contributed by atoms with van der Waals surface area (Å²) in [6.45, 7) is 4.80. The van der Waals surface area contributed by atoms with E-state index in [4.69, 9.17) is 19.2 Å². The van der Waals surface area contributed by atoms with Gasteiger partial charge in [-0.2, -0.15) is 5.43 Å². The van der Waals surface area contributed by atoms with Gasteiger partial charge in [-0.3, -0.25) is 14.4 Å². The molecule has 0 unspecified atom stereocenters. The molecule has 0 spiro atoms. The number of rotatable bonds is 19. The summed E-state index contributed by atoms with van der Waals surface area (Å²) >= 11 is 0. The lowest BCUT2D eigenvalue weighted by Crippen LogP contribution is -2.71. The molecule has 60 heavy (non-hydrogen) atoms. The fourth-order valence-electron chi connectivity index (χ4n) is 6.25. The van der Waals surface area contributed by atoms with Gasteiger partial charge in [-0.05, 0) is 66.1 Å². The molecule has 5 aromatic rings. The minimum Gasteiger partial charge on any atom is -0.744 e. The molecule has 3 heterocycles. The van der Waals surface area contributed by atoms with Crippen molar-refractivity contribution >= 4 is 39.9 Å². The zero-order valence-electron chi connectivity index (χ0n) is 32.9. The number of unbranched alkanes of at least 4 members (excludes halogenated alkanes) is 1. The van der Waals surface area contributed by atoms with Crippen LogP contribution in [0.5, 0.6) is 17.4 Å². The molecule has 2 aromatic heterocycles. The first-order chi connectivity index (χ1) is 28.7. The van der Waals surface area contributed by atoms with Gasteiger partial charge in [-0.25, -0.2) is 18.4 Å². The summed E-state index contributed by atoms with van der Waals surface area (Å²) in [5, 5.41) is 18.8. The Balaban J connectivity index is 0.982. The van der Waals surface area contributed by atoms with E-state index in [1.165, 1.54) is 48.2 Å². The van der Waals surface area contributed by atoms with E-state index in [9.17, 15) is 32.5 Å². The van der Waals surface area contributed by atoms with Gasteiger partial charge in [-0.15, -0.1) is 0 Å². The highest BCUT2D eigenvalue weighted by molar-refractivity contribution is 7.85. The number of ether oxygens (including phenoxy) is 3. The van der Waals surface area contributed by atoms with Gasteiger partial charge in [0.15, 0.2) is 11.5 Å². The fraction of sp³-hybridized carbons (Fsp3) is 0.256. The molecule has 1 atom stereocenters. The van der Waals surface area contributed by atoms with Gasteiger partial charge in [0.05, 0.1) is 35.4 Å². The first kappa shape index (κ1) is 42.9. The number of carboxylic acids is 1. The molecule has 3 aromatic carbocycles. The third kappa shape index (κ3) is 11.9. The average molecular weight is 837 g/mol. The number of hydrogen-bond donors (Lipinski definition) is 4. The second-order valence-corrected chi connectivity index (χ2v) is 16.0. The second-order valence-electron chi connectivity index (χ2n) is 14.7. The van der Waals surface area contributed by atoms with Crippen LogP contribution in [0, 0.1) is 5.41 Å². The molecule has 0 radical (unpaired) electrons. The molecule has 2 amide bonds. The van der Waals surface area contributed by atoms with Gasteiger partial charge in [0, 0.05) is 36.0 Å². The number of aromatic nitrogens is 2. The Morgan fingerprint density at radius 1 is 0.950 bits per heavy atom. The number of carboxylic acid groups (broad SMARTS) is 1. The summed E-state index contributed by atoms with van der Waals surface area (Å²) < 4.78 is 51.7. The summed E-state index contributed by atoms with van der Waals surface area (Å²) in [6, 6.07) is 26.6. The third-order valence-electron chi connectivity index (χ3n) is 9.47. The summed E-state index contributed by atoms with van der Waals surface area (Å²) in [4.78, 5) is 46.4.